The van der Waals surface area contributed by atoms with Crippen LogP contribution in [0.2, 0.25) is 5.02 Å². The molecule has 0 radical (unpaired) electrons. The van der Waals surface area contributed by atoms with E-state index in [9.17, 15) is 9.59 Å². The fourth-order valence-electron chi connectivity index (χ4n) is 4.40. The molecule has 0 N–H and O–H groups in total. The zero-order valence-electron chi connectivity index (χ0n) is 20.9. The predicted octanol–water partition coefficient (Wildman–Crippen LogP) is 5.03. The number of thiazole rings is 1. The van der Waals surface area contributed by atoms with Gasteiger partial charge in [0, 0.05) is 10.6 Å². The molecular weight excluding hydrogens is 520 g/mol. The molecular formula is C30H25ClN2O4S. The maximum Gasteiger partial charge on any atom is 0.338 e. The van der Waals surface area contributed by atoms with Gasteiger partial charge >= 0.3 is 5.97 Å². The highest BCUT2D eigenvalue weighted by molar-refractivity contribution is 7.07. The number of rotatable bonds is 7. The molecule has 6 nitrogen and oxygen atoms in total. The lowest BCUT2D eigenvalue weighted by Crippen LogP contribution is -2.40. The Balaban J connectivity index is 1.51. The van der Waals surface area contributed by atoms with E-state index in [1.165, 1.54) is 18.4 Å². The molecule has 4 aromatic rings. The average Bonchev–Trinajstić information content (AvgIpc) is 3.26. The zero-order valence-corrected chi connectivity index (χ0v) is 22.5. The van der Waals surface area contributed by atoms with Gasteiger partial charge in [-0.3, -0.25) is 9.36 Å². The smallest absolute Gasteiger partial charge is 0.338 e. The first-order chi connectivity index (χ1) is 18.5. The summed E-state index contributed by atoms with van der Waals surface area (Å²) in [5.41, 5.74) is 3.38. The van der Waals surface area contributed by atoms with Crippen LogP contribution in [0.1, 0.15) is 36.1 Å². The van der Waals surface area contributed by atoms with Gasteiger partial charge in [0.1, 0.15) is 12.4 Å². The number of allylic oxidation sites excluding steroid dienone is 1. The van der Waals surface area contributed by atoms with Crippen molar-refractivity contribution in [3.8, 4) is 5.75 Å². The first-order valence-corrected chi connectivity index (χ1v) is 13.3. The second-order valence-corrected chi connectivity index (χ2v) is 10.1. The van der Waals surface area contributed by atoms with Crippen LogP contribution in [0, 0.1) is 0 Å². The molecule has 0 unspecified atom stereocenters. The summed E-state index contributed by atoms with van der Waals surface area (Å²) in [4.78, 5) is 31.8. The van der Waals surface area contributed by atoms with E-state index in [4.69, 9.17) is 26.1 Å². The molecule has 0 saturated carbocycles. The van der Waals surface area contributed by atoms with Crippen LogP contribution in [0.3, 0.4) is 0 Å². The van der Waals surface area contributed by atoms with Gasteiger partial charge in [-0.05, 0) is 41.8 Å². The molecule has 1 aliphatic heterocycles. The third kappa shape index (κ3) is 5.08. The molecule has 0 aliphatic carbocycles. The molecule has 2 heterocycles. The molecule has 5 rings (SSSR count). The number of esters is 1. The van der Waals surface area contributed by atoms with Crippen molar-refractivity contribution in [1.82, 2.24) is 4.57 Å². The summed E-state index contributed by atoms with van der Waals surface area (Å²) in [7, 11) is 1.34. The van der Waals surface area contributed by atoms with E-state index in [1.807, 2.05) is 91.9 Å². The number of benzene rings is 3. The van der Waals surface area contributed by atoms with E-state index in [2.05, 4.69) is 0 Å². The standard InChI is InChI=1S/C30H25ClN2O4S/c1-3-24-26(29(35)36-2)27(20-9-5-4-6-10-20)33-28(34)25(38-30(33)32-24)17-19-13-15-22(16-14-19)37-18-21-11-7-8-12-23(21)31/h4-17,27H,3,18H2,1-2H3/b25-17-/t27-/m1/s1. The van der Waals surface area contributed by atoms with Crippen molar-refractivity contribution < 1.29 is 14.3 Å². The monoisotopic (exact) mass is 544 g/mol. The summed E-state index contributed by atoms with van der Waals surface area (Å²) in [5.74, 6) is 0.212. The number of carbonyl (C=O) groups is 1. The van der Waals surface area contributed by atoms with Crippen molar-refractivity contribution in [2.45, 2.75) is 26.0 Å². The van der Waals surface area contributed by atoms with E-state index in [-0.39, 0.29) is 5.56 Å². The maximum atomic E-state index is 13.7. The first kappa shape index (κ1) is 25.7. The number of aromatic nitrogens is 1. The van der Waals surface area contributed by atoms with Gasteiger partial charge in [-0.15, -0.1) is 0 Å². The Bertz CT molecular complexity index is 1690. The summed E-state index contributed by atoms with van der Waals surface area (Å²) < 4.78 is 13.1. The van der Waals surface area contributed by atoms with Crippen LogP contribution in [0.5, 0.6) is 5.75 Å². The third-order valence-corrected chi connectivity index (χ3v) is 7.65. The van der Waals surface area contributed by atoms with E-state index < -0.39 is 12.0 Å². The van der Waals surface area contributed by atoms with E-state index in [1.54, 1.807) is 4.57 Å². The van der Waals surface area contributed by atoms with Crippen LogP contribution in [-0.4, -0.2) is 17.6 Å². The minimum absolute atomic E-state index is 0.210. The third-order valence-electron chi connectivity index (χ3n) is 6.30. The Morgan fingerprint density at radius 2 is 1.76 bits per heavy atom. The van der Waals surface area contributed by atoms with E-state index >= 15 is 0 Å². The minimum atomic E-state index is -0.613. The molecule has 0 amide bonds. The summed E-state index contributed by atoms with van der Waals surface area (Å²) in [5, 5.41) is 0.662. The van der Waals surface area contributed by atoms with Gasteiger partial charge in [0.05, 0.1) is 29.0 Å². The normalized spacial score (nSPS) is 15.1. The van der Waals surface area contributed by atoms with Crippen molar-refractivity contribution in [3.05, 3.63) is 132 Å². The number of nitrogens with zero attached hydrogens (tertiary/aromatic N) is 2. The van der Waals surface area contributed by atoms with Crippen LogP contribution >= 0.6 is 22.9 Å². The second kappa shape index (κ2) is 11.2. The minimum Gasteiger partial charge on any atom is -0.489 e. The lowest BCUT2D eigenvalue weighted by Gasteiger charge is -2.25. The second-order valence-electron chi connectivity index (χ2n) is 8.65. The largest absolute Gasteiger partial charge is 0.489 e. The van der Waals surface area contributed by atoms with Gasteiger partial charge in [0.15, 0.2) is 4.80 Å². The quantitative estimate of drug-likeness (QED) is 0.306. The van der Waals surface area contributed by atoms with Gasteiger partial charge in [0.2, 0.25) is 0 Å². The lowest BCUT2D eigenvalue weighted by molar-refractivity contribution is -0.136. The topological polar surface area (TPSA) is 69.9 Å². The Morgan fingerprint density at radius 1 is 1.05 bits per heavy atom. The zero-order chi connectivity index (χ0) is 26.6. The SMILES string of the molecule is CCC1=C(C(=O)OC)[C@@H](c2ccccc2)n2c(s/c(=C\c3ccc(OCc4ccccc4Cl)cc3)c2=O)=N1. The molecule has 1 aromatic heterocycles. The number of halogens is 1. The summed E-state index contributed by atoms with van der Waals surface area (Å²) in [6.07, 6.45) is 2.37. The van der Waals surface area contributed by atoms with Crippen LogP contribution in [0.4, 0.5) is 0 Å². The fourth-order valence-corrected chi connectivity index (χ4v) is 5.61. The summed E-state index contributed by atoms with van der Waals surface area (Å²) in [6.45, 7) is 2.30. The summed E-state index contributed by atoms with van der Waals surface area (Å²) >= 11 is 7.52. The molecule has 3 aromatic carbocycles. The Hall–Kier alpha value is -3.94. The molecule has 0 spiro atoms. The number of methoxy groups -OCH3 is 1. The molecule has 192 valence electrons. The van der Waals surface area contributed by atoms with Gasteiger partial charge in [0.25, 0.3) is 5.56 Å². The van der Waals surface area contributed by atoms with Crippen molar-refractivity contribution in [1.29, 1.82) is 0 Å². The van der Waals surface area contributed by atoms with Crippen molar-refractivity contribution in [2.75, 3.05) is 7.11 Å². The highest BCUT2D eigenvalue weighted by Gasteiger charge is 2.33. The molecule has 1 atom stereocenters. The average molecular weight is 545 g/mol. The van der Waals surface area contributed by atoms with Gasteiger partial charge in [-0.1, -0.05) is 90.5 Å². The molecule has 0 fully saturated rings. The maximum absolute atomic E-state index is 13.7. The Morgan fingerprint density at radius 3 is 2.45 bits per heavy atom. The number of carbonyl (C=O) groups excluding carboxylic acids is 1. The van der Waals surface area contributed by atoms with Crippen molar-refractivity contribution in [3.63, 3.8) is 0 Å². The summed E-state index contributed by atoms with van der Waals surface area (Å²) in [6, 6.07) is 23.9. The molecule has 38 heavy (non-hydrogen) atoms. The van der Waals surface area contributed by atoms with E-state index in [0.29, 0.717) is 44.4 Å². The van der Waals surface area contributed by atoms with Crippen molar-refractivity contribution >= 4 is 35.0 Å². The molecule has 0 bridgehead atoms. The van der Waals surface area contributed by atoms with Crippen LogP contribution in [0.25, 0.3) is 6.08 Å². The lowest BCUT2D eigenvalue weighted by atomic mass is 9.95. The fraction of sp³-hybridized carbons (Fsp3) is 0.167. The van der Waals surface area contributed by atoms with Crippen LogP contribution < -0.4 is 19.6 Å². The molecule has 0 saturated heterocycles. The first-order valence-electron chi connectivity index (χ1n) is 12.1. The molecule has 1 aliphatic rings. The molecule has 8 heteroatoms. The number of hydrogen-bond acceptors (Lipinski definition) is 6. The van der Waals surface area contributed by atoms with Gasteiger partial charge < -0.3 is 9.47 Å². The number of ether oxygens (including phenoxy) is 2. The van der Waals surface area contributed by atoms with Crippen LogP contribution in [-0.2, 0) is 16.1 Å². The van der Waals surface area contributed by atoms with Crippen LogP contribution in [0.15, 0.2) is 99.9 Å². The van der Waals surface area contributed by atoms with E-state index in [0.717, 1.165) is 16.7 Å². The Labute approximate surface area is 228 Å². The predicted molar refractivity (Wildman–Crippen MR) is 149 cm³/mol. The Kier molecular flexibility index (Phi) is 7.58. The highest BCUT2D eigenvalue weighted by atomic mass is 35.5. The number of fused-ring (bicyclic) bond motifs is 1. The number of hydrogen-bond donors (Lipinski definition) is 0. The van der Waals surface area contributed by atoms with Gasteiger partial charge in [-0.25, -0.2) is 9.79 Å². The van der Waals surface area contributed by atoms with Gasteiger partial charge in [-0.2, -0.15) is 0 Å². The highest BCUT2D eigenvalue weighted by Crippen LogP contribution is 2.31. The van der Waals surface area contributed by atoms with Crippen molar-refractivity contribution in [2.24, 2.45) is 4.99 Å².